The van der Waals surface area contributed by atoms with E-state index in [4.69, 9.17) is 11.6 Å². The van der Waals surface area contributed by atoms with Crippen LogP contribution in [0.2, 0.25) is 0 Å². The molecule has 0 radical (unpaired) electrons. The number of urea groups is 1. The van der Waals surface area contributed by atoms with Gasteiger partial charge < -0.3 is 4.90 Å². The van der Waals surface area contributed by atoms with Crippen LogP contribution in [0.1, 0.15) is 20.3 Å². The summed E-state index contributed by atoms with van der Waals surface area (Å²) < 4.78 is 0. The Morgan fingerprint density at radius 1 is 1.60 bits per heavy atom. The fourth-order valence-corrected chi connectivity index (χ4v) is 1.04. The van der Waals surface area contributed by atoms with Gasteiger partial charge in [-0.15, -0.1) is 18.2 Å². The molecule has 15 heavy (non-hydrogen) atoms. The van der Waals surface area contributed by atoms with Crippen LogP contribution in [0.5, 0.6) is 0 Å². The number of nitrogens with one attached hydrogen (secondary N) is 1. The predicted molar refractivity (Wildman–Crippen MR) is 60.9 cm³/mol. The van der Waals surface area contributed by atoms with Crippen molar-refractivity contribution in [3.63, 3.8) is 0 Å². The molecule has 0 saturated carbocycles. The van der Waals surface area contributed by atoms with Crippen molar-refractivity contribution < 1.29 is 9.59 Å². The van der Waals surface area contributed by atoms with Gasteiger partial charge in [-0.1, -0.05) is 13.0 Å². The zero-order chi connectivity index (χ0) is 11.8. The van der Waals surface area contributed by atoms with Crippen molar-refractivity contribution >= 4 is 23.5 Å². The highest BCUT2D eigenvalue weighted by Gasteiger charge is 2.17. The third-order valence-electron chi connectivity index (χ3n) is 1.72. The van der Waals surface area contributed by atoms with Crippen molar-refractivity contribution in [2.75, 3.05) is 13.1 Å². The number of carbonyl (C=O) groups excluding carboxylic acids is 2. The summed E-state index contributed by atoms with van der Waals surface area (Å²) >= 11 is 5.53. The van der Waals surface area contributed by atoms with Gasteiger partial charge in [-0.05, 0) is 13.3 Å². The molecule has 1 unspecified atom stereocenters. The Morgan fingerprint density at radius 3 is 2.60 bits per heavy atom. The van der Waals surface area contributed by atoms with Crippen molar-refractivity contribution in [2.45, 2.75) is 25.6 Å². The van der Waals surface area contributed by atoms with Gasteiger partial charge in [0.25, 0.3) is 0 Å². The van der Waals surface area contributed by atoms with Crippen LogP contribution < -0.4 is 5.32 Å². The fraction of sp³-hybridized carbons (Fsp3) is 0.600. The highest BCUT2D eigenvalue weighted by atomic mass is 35.5. The molecule has 0 aliphatic carbocycles. The van der Waals surface area contributed by atoms with Crippen LogP contribution in [-0.4, -0.2) is 35.3 Å². The van der Waals surface area contributed by atoms with Gasteiger partial charge in [0.1, 0.15) is 5.38 Å². The van der Waals surface area contributed by atoms with E-state index in [9.17, 15) is 9.59 Å². The number of nitrogens with zero attached hydrogens (tertiary/aromatic N) is 1. The van der Waals surface area contributed by atoms with Crippen LogP contribution in [0.4, 0.5) is 4.79 Å². The second kappa shape index (κ2) is 7.29. The van der Waals surface area contributed by atoms with Gasteiger partial charge in [0.2, 0.25) is 5.91 Å². The first-order valence-corrected chi connectivity index (χ1v) is 5.31. The molecule has 5 heteroatoms. The average Bonchev–Trinajstić information content (AvgIpc) is 2.17. The van der Waals surface area contributed by atoms with E-state index < -0.39 is 17.3 Å². The van der Waals surface area contributed by atoms with Crippen molar-refractivity contribution in [3.05, 3.63) is 12.7 Å². The molecule has 0 aliphatic rings. The molecule has 0 saturated heterocycles. The van der Waals surface area contributed by atoms with E-state index in [0.717, 1.165) is 6.42 Å². The molecule has 0 rings (SSSR count). The van der Waals surface area contributed by atoms with Crippen molar-refractivity contribution in [3.8, 4) is 0 Å². The minimum absolute atomic E-state index is 0.420. The number of carbonyl (C=O) groups is 2. The van der Waals surface area contributed by atoms with Gasteiger partial charge in [0, 0.05) is 13.1 Å². The number of alkyl halides is 1. The standard InChI is InChI=1S/C10H17ClN2O2/c1-4-6-13(7-5-2)10(15)12-9(14)8(3)11/h4,8H,1,5-7H2,2-3H3,(H,12,14,15). The number of halogens is 1. The molecular weight excluding hydrogens is 216 g/mol. The number of hydrogen-bond acceptors (Lipinski definition) is 2. The van der Waals surface area contributed by atoms with E-state index >= 15 is 0 Å². The number of imide groups is 1. The predicted octanol–water partition coefficient (Wildman–Crippen LogP) is 1.75. The maximum Gasteiger partial charge on any atom is 0.324 e. The van der Waals surface area contributed by atoms with E-state index in [2.05, 4.69) is 11.9 Å². The minimum Gasteiger partial charge on any atom is -0.321 e. The first-order chi connectivity index (χ1) is 7.02. The molecular formula is C10H17ClN2O2. The summed E-state index contributed by atoms with van der Waals surface area (Å²) in [5, 5.41) is 1.51. The van der Waals surface area contributed by atoms with Crippen molar-refractivity contribution in [1.29, 1.82) is 0 Å². The van der Waals surface area contributed by atoms with E-state index in [1.165, 1.54) is 11.8 Å². The Kier molecular flexibility index (Phi) is 6.79. The Hall–Kier alpha value is -1.03. The molecule has 0 aromatic rings. The van der Waals surface area contributed by atoms with Gasteiger partial charge in [-0.25, -0.2) is 4.79 Å². The monoisotopic (exact) mass is 232 g/mol. The summed E-state index contributed by atoms with van der Waals surface area (Å²) in [4.78, 5) is 24.2. The zero-order valence-corrected chi connectivity index (χ0v) is 9.88. The van der Waals surface area contributed by atoms with Crippen LogP contribution in [0.3, 0.4) is 0 Å². The highest BCUT2D eigenvalue weighted by Crippen LogP contribution is 1.96. The van der Waals surface area contributed by atoms with Gasteiger partial charge in [-0.3, -0.25) is 10.1 Å². The Bertz CT molecular complexity index is 242. The van der Waals surface area contributed by atoms with Gasteiger partial charge in [-0.2, -0.15) is 0 Å². The van der Waals surface area contributed by atoms with Crippen LogP contribution >= 0.6 is 11.6 Å². The largest absolute Gasteiger partial charge is 0.324 e. The zero-order valence-electron chi connectivity index (χ0n) is 9.12. The minimum atomic E-state index is -0.707. The van der Waals surface area contributed by atoms with Crippen molar-refractivity contribution in [1.82, 2.24) is 10.2 Å². The molecule has 0 bridgehead atoms. The molecule has 0 heterocycles. The number of rotatable bonds is 5. The van der Waals surface area contributed by atoms with Crippen LogP contribution in [0, 0.1) is 0 Å². The molecule has 4 nitrogen and oxygen atoms in total. The van der Waals surface area contributed by atoms with E-state index in [1.54, 1.807) is 6.08 Å². The maximum atomic E-state index is 11.5. The SMILES string of the molecule is C=CCN(CCC)C(=O)NC(=O)C(C)Cl. The molecule has 3 amide bonds. The molecule has 0 fully saturated rings. The quantitative estimate of drug-likeness (QED) is 0.580. The Balaban J connectivity index is 4.24. The first-order valence-electron chi connectivity index (χ1n) is 4.87. The molecule has 1 N–H and O–H groups in total. The lowest BCUT2D eigenvalue weighted by Gasteiger charge is -2.20. The van der Waals surface area contributed by atoms with Crippen LogP contribution in [0.15, 0.2) is 12.7 Å². The van der Waals surface area contributed by atoms with E-state index in [1.807, 2.05) is 6.92 Å². The Morgan fingerprint density at radius 2 is 2.20 bits per heavy atom. The summed E-state index contributed by atoms with van der Waals surface area (Å²) in [6, 6.07) is -0.422. The fourth-order valence-electron chi connectivity index (χ4n) is 0.985. The third kappa shape index (κ3) is 5.42. The molecule has 86 valence electrons. The van der Waals surface area contributed by atoms with Gasteiger partial charge in [0.15, 0.2) is 0 Å². The smallest absolute Gasteiger partial charge is 0.321 e. The topological polar surface area (TPSA) is 49.4 Å². The van der Waals surface area contributed by atoms with E-state index in [0.29, 0.717) is 13.1 Å². The molecule has 1 atom stereocenters. The Labute approximate surface area is 95.3 Å². The van der Waals surface area contributed by atoms with Crippen LogP contribution in [-0.2, 0) is 4.79 Å². The lowest BCUT2D eigenvalue weighted by atomic mass is 10.4. The summed E-state index contributed by atoms with van der Waals surface area (Å²) in [7, 11) is 0. The second-order valence-corrected chi connectivity index (χ2v) is 3.80. The van der Waals surface area contributed by atoms with Gasteiger partial charge in [0.05, 0.1) is 0 Å². The third-order valence-corrected chi connectivity index (χ3v) is 1.92. The summed E-state index contributed by atoms with van der Waals surface area (Å²) in [6.45, 7) is 8.02. The van der Waals surface area contributed by atoms with Crippen molar-refractivity contribution in [2.24, 2.45) is 0 Å². The average molecular weight is 233 g/mol. The lowest BCUT2D eigenvalue weighted by Crippen LogP contribution is -2.45. The summed E-state index contributed by atoms with van der Waals surface area (Å²) in [5.41, 5.74) is 0. The molecule has 0 aromatic carbocycles. The lowest BCUT2D eigenvalue weighted by molar-refractivity contribution is -0.119. The van der Waals surface area contributed by atoms with Gasteiger partial charge >= 0.3 is 6.03 Å². The highest BCUT2D eigenvalue weighted by molar-refractivity contribution is 6.31. The molecule has 0 aromatic heterocycles. The first kappa shape index (κ1) is 14.0. The summed E-state index contributed by atoms with van der Waals surface area (Å²) in [6.07, 6.45) is 2.44. The maximum absolute atomic E-state index is 11.5. The normalized spacial score (nSPS) is 11.7. The second-order valence-electron chi connectivity index (χ2n) is 3.15. The molecule has 0 aliphatic heterocycles. The number of amides is 3. The number of hydrogen-bond donors (Lipinski definition) is 1. The van der Waals surface area contributed by atoms with Crippen LogP contribution in [0.25, 0.3) is 0 Å². The molecule has 0 spiro atoms. The van der Waals surface area contributed by atoms with E-state index in [-0.39, 0.29) is 0 Å². The summed E-state index contributed by atoms with van der Waals surface area (Å²) in [5.74, 6) is -0.480.